The molecule has 0 saturated carbocycles. The molecule has 0 saturated heterocycles. The lowest BCUT2D eigenvalue weighted by molar-refractivity contribution is -0.385. The van der Waals surface area contributed by atoms with Crippen LogP contribution in [0.5, 0.6) is 5.75 Å². The lowest BCUT2D eigenvalue weighted by atomic mass is 10.2. The van der Waals surface area contributed by atoms with E-state index in [4.69, 9.17) is 4.18 Å². The van der Waals surface area contributed by atoms with Gasteiger partial charge in [0, 0.05) is 43.5 Å². The van der Waals surface area contributed by atoms with Crippen LogP contribution in [0.25, 0.3) is 0 Å². The summed E-state index contributed by atoms with van der Waals surface area (Å²) in [6.07, 6.45) is 1.72. The summed E-state index contributed by atoms with van der Waals surface area (Å²) in [5, 5.41) is 13.7. The lowest BCUT2D eigenvalue weighted by Gasteiger charge is -2.19. The van der Waals surface area contributed by atoms with E-state index in [2.05, 4.69) is 10.2 Å². The molecule has 0 aromatic heterocycles. The third-order valence-corrected chi connectivity index (χ3v) is 6.29. The van der Waals surface area contributed by atoms with E-state index in [1.54, 1.807) is 0 Å². The molecule has 0 fully saturated rings. The summed E-state index contributed by atoms with van der Waals surface area (Å²) in [5.74, 6) is -0.281. The molecule has 3 aromatic rings. The number of carbonyl (C=O) groups excluding carboxylic acids is 1. The van der Waals surface area contributed by atoms with Crippen LogP contribution in [0.2, 0.25) is 0 Å². The van der Waals surface area contributed by atoms with Crippen molar-refractivity contribution in [3.63, 3.8) is 0 Å². The molecule has 0 atom stereocenters. The fraction of sp³-hybridized carbons (Fsp3) is 0.208. The van der Waals surface area contributed by atoms with Crippen molar-refractivity contribution < 1.29 is 22.3 Å². The van der Waals surface area contributed by atoms with Gasteiger partial charge in [0.05, 0.1) is 4.92 Å². The summed E-state index contributed by atoms with van der Waals surface area (Å²) in [7, 11) is -2.23. The fourth-order valence-corrected chi connectivity index (χ4v) is 4.15. The molecular weight excluding hydrogens is 458 g/mol. The Labute approximate surface area is 198 Å². The van der Waals surface area contributed by atoms with Crippen LogP contribution in [0.4, 0.5) is 11.4 Å². The number of carbonyl (C=O) groups is 1. The number of hydrogen-bond acceptors (Lipinski definition) is 7. The average Bonchev–Trinajstić information content (AvgIpc) is 2.84. The molecule has 0 aliphatic rings. The van der Waals surface area contributed by atoms with Gasteiger partial charge in [-0.05, 0) is 55.3 Å². The standard InChI is InChI=1S/C24H25N3O6S/c1-26(20-8-3-2-4-9-20)17-6-5-16-25-24(28)19-12-14-22(15-13-19)33-34(31,32)23-11-7-10-21(18-23)27(29)30/h2-4,7-15,18H,5-6,16-17H2,1H3,(H,25,28). The first-order valence-corrected chi connectivity index (χ1v) is 12.0. The van der Waals surface area contributed by atoms with Crippen LogP contribution in [0, 0.1) is 10.1 Å². The Morgan fingerprint density at radius 3 is 2.38 bits per heavy atom. The summed E-state index contributed by atoms with van der Waals surface area (Å²) in [5.41, 5.74) is 1.14. The molecule has 0 radical (unpaired) electrons. The molecule has 0 bridgehead atoms. The van der Waals surface area contributed by atoms with Gasteiger partial charge in [0.25, 0.3) is 11.6 Å². The zero-order valence-corrected chi connectivity index (χ0v) is 19.4. The second-order valence-electron chi connectivity index (χ2n) is 7.54. The molecule has 10 heteroatoms. The van der Waals surface area contributed by atoms with Gasteiger partial charge < -0.3 is 14.4 Å². The van der Waals surface area contributed by atoms with Crippen molar-refractivity contribution in [3.05, 3.63) is 94.5 Å². The first-order valence-electron chi connectivity index (χ1n) is 10.6. The predicted molar refractivity (Wildman–Crippen MR) is 129 cm³/mol. The number of unbranched alkanes of at least 4 members (excludes halogenated alkanes) is 1. The van der Waals surface area contributed by atoms with E-state index >= 15 is 0 Å². The van der Waals surface area contributed by atoms with Crippen LogP contribution in [0.15, 0.2) is 83.8 Å². The van der Waals surface area contributed by atoms with Gasteiger partial charge >= 0.3 is 10.1 Å². The minimum Gasteiger partial charge on any atom is -0.379 e. The Bertz CT molecular complexity index is 1230. The van der Waals surface area contributed by atoms with Gasteiger partial charge in [0.15, 0.2) is 0 Å². The van der Waals surface area contributed by atoms with Crippen molar-refractivity contribution in [1.29, 1.82) is 0 Å². The highest BCUT2D eigenvalue weighted by Crippen LogP contribution is 2.22. The highest BCUT2D eigenvalue weighted by Gasteiger charge is 2.20. The average molecular weight is 484 g/mol. The maximum Gasteiger partial charge on any atom is 0.339 e. The summed E-state index contributed by atoms with van der Waals surface area (Å²) in [6.45, 7) is 1.38. The van der Waals surface area contributed by atoms with Crippen molar-refractivity contribution in [2.45, 2.75) is 17.7 Å². The van der Waals surface area contributed by atoms with Gasteiger partial charge in [-0.15, -0.1) is 0 Å². The van der Waals surface area contributed by atoms with Crippen molar-refractivity contribution >= 4 is 27.4 Å². The molecule has 9 nitrogen and oxygen atoms in total. The van der Waals surface area contributed by atoms with E-state index in [1.165, 1.54) is 42.5 Å². The number of anilines is 1. The topological polar surface area (TPSA) is 119 Å². The van der Waals surface area contributed by atoms with Gasteiger partial charge in [-0.25, -0.2) is 0 Å². The Kier molecular flexibility index (Phi) is 8.20. The van der Waals surface area contributed by atoms with Crippen molar-refractivity contribution in [2.75, 3.05) is 25.0 Å². The maximum atomic E-state index is 12.4. The highest BCUT2D eigenvalue weighted by atomic mass is 32.2. The van der Waals surface area contributed by atoms with E-state index in [1.807, 2.05) is 37.4 Å². The predicted octanol–water partition coefficient (Wildman–Crippen LogP) is 4.01. The highest BCUT2D eigenvalue weighted by molar-refractivity contribution is 7.87. The van der Waals surface area contributed by atoms with Crippen molar-refractivity contribution in [1.82, 2.24) is 5.32 Å². The first-order chi connectivity index (χ1) is 16.3. The molecule has 0 aliphatic heterocycles. The van der Waals surface area contributed by atoms with Crippen LogP contribution < -0.4 is 14.4 Å². The Morgan fingerprint density at radius 2 is 1.71 bits per heavy atom. The van der Waals surface area contributed by atoms with Gasteiger partial charge in [0.1, 0.15) is 10.6 Å². The molecule has 34 heavy (non-hydrogen) atoms. The maximum absolute atomic E-state index is 12.4. The largest absolute Gasteiger partial charge is 0.379 e. The number of nitro groups is 1. The SMILES string of the molecule is CN(CCCCNC(=O)c1ccc(OS(=O)(=O)c2cccc([N+](=O)[O-])c2)cc1)c1ccccc1. The number of nitrogens with one attached hydrogen (secondary N) is 1. The molecule has 1 N–H and O–H groups in total. The zero-order chi connectivity index (χ0) is 24.6. The van der Waals surface area contributed by atoms with E-state index < -0.39 is 15.0 Å². The number of para-hydroxylation sites is 1. The second-order valence-corrected chi connectivity index (χ2v) is 9.08. The molecule has 178 valence electrons. The van der Waals surface area contributed by atoms with E-state index in [9.17, 15) is 23.3 Å². The van der Waals surface area contributed by atoms with E-state index in [-0.39, 0.29) is 22.2 Å². The molecule has 3 aromatic carbocycles. The Balaban J connectivity index is 1.47. The summed E-state index contributed by atoms with van der Waals surface area (Å²) >= 11 is 0. The molecule has 3 rings (SSSR count). The minimum atomic E-state index is -4.26. The lowest BCUT2D eigenvalue weighted by Crippen LogP contribution is -2.25. The van der Waals surface area contributed by atoms with Crippen molar-refractivity contribution in [2.24, 2.45) is 0 Å². The number of nitro benzene ring substituents is 1. The summed E-state index contributed by atoms with van der Waals surface area (Å²) in [6, 6.07) is 20.3. The number of nitrogens with zero attached hydrogens (tertiary/aromatic N) is 2. The zero-order valence-electron chi connectivity index (χ0n) is 18.6. The number of non-ortho nitro benzene ring substituents is 1. The van der Waals surface area contributed by atoms with Crippen LogP contribution in [-0.4, -0.2) is 39.4 Å². The molecule has 0 spiro atoms. The van der Waals surface area contributed by atoms with Gasteiger partial charge in [-0.1, -0.05) is 24.3 Å². The van der Waals surface area contributed by atoms with E-state index in [0.717, 1.165) is 31.1 Å². The number of amides is 1. The molecular formula is C24H25N3O6S. The molecule has 1 amide bonds. The quantitative estimate of drug-likeness (QED) is 0.189. The van der Waals surface area contributed by atoms with Crippen LogP contribution >= 0.6 is 0 Å². The summed E-state index contributed by atoms with van der Waals surface area (Å²) in [4.78, 5) is 24.3. The monoisotopic (exact) mass is 483 g/mol. The minimum absolute atomic E-state index is 0.00740. The van der Waals surface area contributed by atoms with Gasteiger partial charge in [-0.2, -0.15) is 8.42 Å². The smallest absolute Gasteiger partial charge is 0.339 e. The second kappa shape index (κ2) is 11.3. The fourth-order valence-electron chi connectivity index (χ4n) is 3.18. The molecule has 0 aliphatic carbocycles. The van der Waals surface area contributed by atoms with Gasteiger partial charge in [-0.3, -0.25) is 14.9 Å². The summed E-state index contributed by atoms with van der Waals surface area (Å²) < 4.78 is 29.9. The Morgan fingerprint density at radius 1 is 1.00 bits per heavy atom. The third-order valence-electron chi connectivity index (χ3n) is 5.04. The Hall–Kier alpha value is -3.92. The van der Waals surface area contributed by atoms with E-state index in [0.29, 0.717) is 12.1 Å². The number of hydrogen-bond donors (Lipinski definition) is 1. The molecule has 0 unspecified atom stereocenters. The van der Waals surface area contributed by atoms with Crippen LogP contribution in [0.3, 0.4) is 0 Å². The number of benzene rings is 3. The van der Waals surface area contributed by atoms with Crippen LogP contribution in [0.1, 0.15) is 23.2 Å². The number of rotatable bonds is 11. The van der Waals surface area contributed by atoms with Gasteiger partial charge in [0.2, 0.25) is 0 Å². The normalized spacial score (nSPS) is 11.0. The van der Waals surface area contributed by atoms with Crippen molar-refractivity contribution in [3.8, 4) is 5.75 Å². The van der Waals surface area contributed by atoms with Crippen LogP contribution in [-0.2, 0) is 10.1 Å². The third kappa shape index (κ3) is 6.79. The first kappa shape index (κ1) is 24.7. The molecule has 0 heterocycles.